The standard InChI is InChI=1S/C13H18N2OS.ClH/c1-9(14)8-13(16)15-11-6-7-17-12-5-3-2-4-10(11)12;/h2-5,9,11H,6-8,14H2,1H3,(H,15,16);1H. The van der Waals surface area contributed by atoms with Crippen molar-refractivity contribution in [3.8, 4) is 0 Å². The second-order valence-electron chi connectivity index (χ2n) is 4.48. The Labute approximate surface area is 118 Å². The molecule has 1 aliphatic heterocycles. The SMILES string of the molecule is CC(N)CC(=O)NC1CCSc2ccccc21.Cl. The first-order valence-corrected chi connectivity index (χ1v) is 6.92. The van der Waals surface area contributed by atoms with Crippen LogP contribution in [0.15, 0.2) is 29.2 Å². The summed E-state index contributed by atoms with van der Waals surface area (Å²) in [5.74, 6) is 1.10. The van der Waals surface area contributed by atoms with Gasteiger partial charge in [0.1, 0.15) is 0 Å². The number of hydrogen-bond donors (Lipinski definition) is 2. The van der Waals surface area contributed by atoms with Crippen molar-refractivity contribution in [2.75, 3.05) is 5.75 Å². The molecule has 2 rings (SSSR count). The Morgan fingerprint density at radius 2 is 2.28 bits per heavy atom. The number of benzene rings is 1. The average molecular weight is 287 g/mol. The first kappa shape index (κ1) is 15.3. The molecule has 1 aromatic rings. The van der Waals surface area contributed by atoms with Crippen LogP contribution in [-0.2, 0) is 4.79 Å². The van der Waals surface area contributed by atoms with Gasteiger partial charge in [0.2, 0.25) is 5.91 Å². The number of amides is 1. The van der Waals surface area contributed by atoms with E-state index in [2.05, 4.69) is 17.4 Å². The van der Waals surface area contributed by atoms with E-state index in [-0.39, 0.29) is 30.4 Å². The lowest BCUT2D eigenvalue weighted by Gasteiger charge is -2.26. The van der Waals surface area contributed by atoms with Gasteiger partial charge in [-0.25, -0.2) is 0 Å². The predicted octanol–water partition coefficient (Wildman–Crippen LogP) is 2.50. The molecule has 0 saturated heterocycles. The molecule has 1 heterocycles. The molecule has 0 aromatic heterocycles. The highest BCUT2D eigenvalue weighted by Gasteiger charge is 2.21. The number of thioether (sulfide) groups is 1. The molecule has 0 bridgehead atoms. The third kappa shape index (κ3) is 3.90. The van der Waals surface area contributed by atoms with Crippen molar-refractivity contribution in [2.45, 2.75) is 36.7 Å². The van der Waals surface area contributed by atoms with Crippen molar-refractivity contribution >= 4 is 30.1 Å². The van der Waals surface area contributed by atoms with Crippen LogP contribution in [0.3, 0.4) is 0 Å². The van der Waals surface area contributed by atoms with Crippen molar-refractivity contribution < 1.29 is 4.79 Å². The smallest absolute Gasteiger partial charge is 0.222 e. The second-order valence-corrected chi connectivity index (χ2v) is 5.61. The summed E-state index contributed by atoms with van der Waals surface area (Å²) >= 11 is 1.86. The largest absolute Gasteiger partial charge is 0.349 e. The Morgan fingerprint density at radius 3 is 3.00 bits per heavy atom. The maximum atomic E-state index is 11.7. The minimum absolute atomic E-state index is 0. The van der Waals surface area contributed by atoms with Crippen molar-refractivity contribution in [3.05, 3.63) is 29.8 Å². The molecule has 3 nitrogen and oxygen atoms in total. The van der Waals surface area contributed by atoms with E-state index >= 15 is 0 Å². The lowest BCUT2D eigenvalue weighted by atomic mass is 10.0. The van der Waals surface area contributed by atoms with Crippen LogP contribution in [0.5, 0.6) is 0 Å². The second kappa shape index (κ2) is 7.02. The van der Waals surface area contributed by atoms with E-state index in [9.17, 15) is 4.79 Å². The van der Waals surface area contributed by atoms with Crippen LogP contribution in [-0.4, -0.2) is 17.7 Å². The van der Waals surface area contributed by atoms with Gasteiger partial charge in [-0.3, -0.25) is 4.79 Å². The van der Waals surface area contributed by atoms with Crippen molar-refractivity contribution in [1.29, 1.82) is 0 Å². The molecule has 0 radical (unpaired) electrons. The monoisotopic (exact) mass is 286 g/mol. The molecule has 1 aromatic carbocycles. The number of carbonyl (C=O) groups excluding carboxylic acids is 1. The van der Waals surface area contributed by atoms with E-state index in [1.807, 2.05) is 30.8 Å². The highest BCUT2D eigenvalue weighted by Crippen LogP contribution is 2.35. The van der Waals surface area contributed by atoms with Gasteiger partial charge in [0.15, 0.2) is 0 Å². The van der Waals surface area contributed by atoms with E-state index in [4.69, 9.17) is 5.73 Å². The van der Waals surface area contributed by atoms with Gasteiger partial charge < -0.3 is 11.1 Å². The molecule has 1 amide bonds. The number of carbonyl (C=O) groups is 1. The first-order chi connectivity index (χ1) is 8.16. The quantitative estimate of drug-likeness (QED) is 0.898. The summed E-state index contributed by atoms with van der Waals surface area (Å²) in [6.07, 6.45) is 1.39. The highest BCUT2D eigenvalue weighted by atomic mass is 35.5. The summed E-state index contributed by atoms with van der Waals surface area (Å²) in [5.41, 5.74) is 6.87. The lowest BCUT2D eigenvalue weighted by Crippen LogP contribution is -2.34. The average Bonchev–Trinajstić information content (AvgIpc) is 2.28. The summed E-state index contributed by atoms with van der Waals surface area (Å²) in [5, 5.41) is 3.07. The van der Waals surface area contributed by atoms with Gasteiger partial charge in [-0.2, -0.15) is 0 Å². The zero-order chi connectivity index (χ0) is 12.3. The van der Waals surface area contributed by atoms with Gasteiger partial charge in [0.05, 0.1) is 6.04 Å². The Morgan fingerprint density at radius 1 is 1.56 bits per heavy atom. The Balaban J connectivity index is 0.00000162. The van der Waals surface area contributed by atoms with Crippen LogP contribution in [0, 0.1) is 0 Å². The van der Waals surface area contributed by atoms with Crippen molar-refractivity contribution in [3.63, 3.8) is 0 Å². The molecule has 0 aliphatic carbocycles. The van der Waals surface area contributed by atoms with Crippen LogP contribution in [0.2, 0.25) is 0 Å². The van der Waals surface area contributed by atoms with Gasteiger partial charge >= 0.3 is 0 Å². The summed E-state index contributed by atoms with van der Waals surface area (Å²) in [6.45, 7) is 1.85. The molecule has 3 N–H and O–H groups in total. The fraction of sp³-hybridized carbons (Fsp3) is 0.462. The maximum Gasteiger partial charge on any atom is 0.222 e. The Hall–Kier alpha value is -0.710. The van der Waals surface area contributed by atoms with Crippen LogP contribution < -0.4 is 11.1 Å². The Kier molecular flexibility index (Phi) is 5.99. The summed E-state index contributed by atoms with van der Waals surface area (Å²) < 4.78 is 0. The minimum Gasteiger partial charge on any atom is -0.349 e. The fourth-order valence-electron chi connectivity index (χ4n) is 2.04. The van der Waals surface area contributed by atoms with E-state index < -0.39 is 0 Å². The third-order valence-corrected chi connectivity index (χ3v) is 3.92. The number of nitrogens with two attached hydrogens (primary N) is 1. The fourth-order valence-corrected chi connectivity index (χ4v) is 3.16. The van der Waals surface area contributed by atoms with Crippen LogP contribution in [0.4, 0.5) is 0 Å². The predicted molar refractivity (Wildman–Crippen MR) is 78.2 cm³/mol. The van der Waals surface area contributed by atoms with Crippen LogP contribution in [0.25, 0.3) is 0 Å². The van der Waals surface area contributed by atoms with Gasteiger partial charge in [0.25, 0.3) is 0 Å². The molecular formula is C13H19ClN2OS. The molecule has 2 atom stereocenters. The van der Waals surface area contributed by atoms with Gasteiger partial charge in [-0.1, -0.05) is 18.2 Å². The van der Waals surface area contributed by atoms with Crippen LogP contribution in [0.1, 0.15) is 31.4 Å². The molecular weight excluding hydrogens is 268 g/mol. The number of halogens is 1. The van der Waals surface area contributed by atoms with E-state index in [1.165, 1.54) is 10.5 Å². The first-order valence-electron chi connectivity index (χ1n) is 5.93. The van der Waals surface area contributed by atoms with Gasteiger partial charge in [-0.05, 0) is 25.0 Å². The van der Waals surface area contributed by atoms with E-state index in [1.54, 1.807) is 0 Å². The minimum atomic E-state index is -0.0804. The third-order valence-electron chi connectivity index (χ3n) is 2.80. The van der Waals surface area contributed by atoms with E-state index in [0.717, 1.165) is 12.2 Å². The zero-order valence-corrected chi connectivity index (χ0v) is 12.0. The van der Waals surface area contributed by atoms with Gasteiger partial charge in [0, 0.05) is 23.1 Å². The molecule has 5 heteroatoms. The number of nitrogens with one attached hydrogen (secondary N) is 1. The molecule has 2 unspecified atom stereocenters. The van der Waals surface area contributed by atoms with Gasteiger partial charge in [-0.15, -0.1) is 24.2 Å². The van der Waals surface area contributed by atoms with Crippen molar-refractivity contribution in [2.24, 2.45) is 5.73 Å². The summed E-state index contributed by atoms with van der Waals surface area (Å²) in [7, 11) is 0. The molecule has 18 heavy (non-hydrogen) atoms. The highest BCUT2D eigenvalue weighted by molar-refractivity contribution is 7.99. The normalized spacial score (nSPS) is 19.3. The number of fused-ring (bicyclic) bond motifs is 1. The van der Waals surface area contributed by atoms with Crippen LogP contribution >= 0.6 is 24.2 Å². The van der Waals surface area contributed by atoms with E-state index in [0.29, 0.717) is 6.42 Å². The molecule has 0 fully saturated rings. The molecule has 1 aliphatic rings. The number of hydrogen-bond acceptors (Lipinski definition) is 3. The zero-order valence-electron chi connectivity index (χ0n) is 10.4. The molecule has 100 valence electrons. The molecule has 0 saturated carbocycles. The lowest BCUT2D eigenvalue weighted by molar-refractivity contribution is -0.122. The summed E-state index contributed by atoms with van der Waals surface area (Å²) in [4.78, 5) is 13.0. The summed E-state index contributed by atoms with van der Waals surface area (Å²) in [6, 6.07) is 8.34. The molecule has 0 spiro atoms. The van der Waals surface area contributed by atoms with Crippen molar-refractivity contribution in [1.82, 2.24) is 5.32 Å². The maximum absolute atomic E-state index is 11.7. The Bertz CT molecular complexity index is 412. The topological polar surface area (TPSA) is 55.1 Å². The number of rotatable bonds is 3.